The Morgan fingerprint density at radius 3 is 2.83 bits per heavy atom. The van der Waals surface area contributed by atoms with Crippen LogP contribution < -0.4 is 4.72 Å². The summed E-state index contributed by atoms with van der Waals surface area (Å²) < 4.78 is 26.0. The third-order valence-corrected chi connectivity index (χ3v) is 4.67. The molecular weight excluding hydrogens is 272 g/mol. The summed E-state index contributed by atoms with van der Waals surface area (Å²) in [6.07, 6.45) is 1.93. The maximum absolute atomic E-state index is 11.8. The van der Waals surface area contributed by atoms with Gasteiger partial charge in [-0.05, 0) is 23.6 Å². The largest absolute Gasteiger partial charge is 0.386 e. The zero-order valence-corrected chi connectivity index (χ0v) is 11.0. The van der Waals surface area contributed by atoms with Crippen molar-refractivity contribution in [2.24, 2.45) is 0 Å². The average molecular weight is 284 g/mol. The smallest absolute Gasteiger partial charge is 0.242 e. The molecule has 0 radical (unpaired) electrons. The van der Waals surface area contributed by atoms with Crippen molar-refractivity contribution in [1.82, 2.24) is 9.71 Å². The van der Waals surface area contributed by atoms with Crippen LogP contribution >= 0.6 is 11.3 Å². The predicted molar refractivity (Wildman–Crippen MR) is 68.7 cm³/mol. The second-order valence-corrected chi connectivity index (χ2v) is 6.32. The Hall–Kier alpha value is -1.28. The summed E-state index contributed by atoms with van der Waals surface area (Å²) >= 11 is 1.38. The van der Waals surface area contributed by atoms with Crippen LogP contribution in [0, 0.1) is 0 Å². The third-order valence-electron chi connectivity index (χ3n) is 2.28. The van der Waals surface area contributed by atoms with E-state index in [0.29, 0.717) is 0 Å². The molecule has 0 saturated carbocycles. The molecule has 1 atom stereocenters. The fraction of sp³-hybridized carbons (Fsp3) is 0.182. The van der Waals surface area contributed by atoms with Crippen molar-refractivity contribution in [2.75, 3.05) is 6.54 Å². The standard InChI is InChI=1S/C11H12N2O3S2/c14-10(11-4-2-6-17-11)8-13-18(15,16)9-3-1-5-12-7-9/h1-7,10,13-14H,8H2. The van der Waals surface area contributed by atoms with E-state index in [9.17, 15) is 13.5 Å². The lowest BCUT2D eigenvalue weighted by Gasteiger charge is -2.10. The molecule has 2 aromatic heterocycles. The summed E-state index contributed by atoms with van der Waals surface area (Å²) in [4.78, 5) is 4.56. The minimum absolute atomic E-state index is 0.0578. The molecule has 0 aromatic carbocycles. The molecule has 2 heterocycles. The van der Waals surface area contributed by atoms with Gasteiger partial charge in [0.25, 0.3) is 0 Å². The van der Waals surface area contributed by atoms with Crippen molar-refractivity contribution in [3.63, 3.8) is 0 Å². The molecule has 2 N–H and O–H groups in total. The van der Waals surface area contributed by atoms with E-state index in [1.165, 1.54) is 29.8 Å². The third kappa shape index (κ3) is 3.14. The fourth-order valence-electron chi connectivity index (χ4n) is 1.36. The first-order valence-electron chi connectivity index (χ1n) is 5.21. The van der Waals surface area contributed by atoms with E-state index in [0.717, 1.165) is 4.88 Å². The van der Waals surface area contributed by atoms with Gasteiger partial charge in [-0.1, -0.05) is 6.07 Å². The van der Waals surface area contributed by atoms with E-state index in [2.05, 4.69) is 9.71 Å². The minimum Gasteiger partial charge on any atom is -0.386 e. The normalized spacial score (nSPS) is 13.4. The molecule has 2 aromatic rings. The van der Waals surface area contributed by atoms with Crippen molar-refractivity contribution in [1.29, 1.82) is 0 Å². The van der Waals surface area contributed by atoms with Crippen molar-refractivity contribution < 1.29 is 13.5 Å². The van der Waals surface area contributed by atoms with Crippen LogP contribution in [0.1, 0.15) is 11.0 Å². The van der Waals surface area contributed by atoms with Crippen LogP contribution in [-0.4, -0.2) is 25.1 Å². The van der Waals surface area contributed by atoms with Gasteiger partial charge in [0.15, 0.2) is 0 Å². The molecule has 2 rings (SSSR count). The van der Waals surface area contributed by atoms with Gasteiger partial charge >= 0.3 is 0 Å². The number of sulfonamides is 1. The summed E-state index contributed by atoms with van der Waals surface area (Å²) in [5.74, 6) is 0. The highest BCUT2D eigenvalue weighted by Crippen LogP contribution is 2.18. The maximum atomic E-state index is 11.8. The zero-order chi connectivity index (χ0) is 13.0. The number of hydrogen-bond donors (Lipinski definition) is 2. The van der Waals surface area contributed by atoms with Crippen LogP contribution in [0.15, 0.2) is 46.9 Å². The number of hydrogen-bond acceptors (Lipinski definition) is 5. The number of nitrogens with zero attached hydrogens (tertiary/aromatic N) is 1. The monoisotopic (exact) mass is 284 g/mol. The molecule has 0 aliphatic carbocycles. The summed E-state index contributed by atoms with van der Waals surface area (Å²) in [7, 11) is -3.61. The Morgan fingerprint density at radius 2 is 2.22 bits per heavy atom. The molecule has 0 spiro atoms. The molecule has 0 amide bonds. The number of aliphatic hydroxyl groups excluding tert-OH is 1. The Kier molecular flexibility index (Phi) is 4.07. The van der Waals surface area contributed by atoms with E-state index < -0.39 is 16.1 Å². The Morgan fingerprint density at radius 1 is 1.39 bits per heavy atom. The molecule has 0 bridgehead atoms. The van der Waals surface area contributed by atoms with Crippen LogP contribution in [0.5, 0.6) is 0 Å². The second-order valence-electron chi connectivity index (χ2n) is 3.57. The number of nitrogens with one attached hydrogen (secondary N) is 1. The lowest BCUT2D eigenvalue weighted by molar-refractivity contribution is 0.186. The molecule has 5 nitrogen and oxygen atoms in total. The SMILES string of the molecule is O=S(=O)(NCC(O)c1cccs1)c1cccnc1. The summed E-state index contributed by atoms with van der Waals surface area (Å²) in [6, 6.07) is 6.56. The molecule has 7 heteroatoms. The van der Waals surface area contributed by atoms with Crippen molar-refractivity contribution in [2.45, 2.75) is 11.0 Å². The number of aromatic nitrogens is 1. The number of pyridine rings is 1. The lowest BCUT2D eigenvalue weighted by Crippen LogP contribution is -2.28. The van der Waals surface area contributed by atoms with Gasteiger partial charge in [0.1, 0.15) is 11.0 Å². The topological polar surface area (TPSA) is 79.3 Å². The van der Waals surface area contributed by atoms with Gasteiger partial charge in [-0.15, -0.1) is 11.3 Å². The minimum atomic E-state index is -3.61. The quantitative estimate of drug-likeness (QED) is 0.863. The Bertz CT molecular complexity index is 582. The van der Waals surface area contributed by atoms with Crippen molar-refractivity contribution >= 4 is 21.4 Å². The summed E-state index contributed by atoms with van der Waals surface area (Å²) in [6.45, 7) is -0.0578. The van der Waals surface area contributed by atoms with Crippen molar-refractivity contribution in [3.8, 4) is 0 Å². The van der Waals surface area contributed by atoms with Gasteiger partial charge in [0.05, 0.1) is 0 Å². The molecule has 0 aliphatic heterocycles. The number of aliphatic hydroxyl groups is 1. The maximum Gasteiger partial charge on any atom is 0.242 e. The highest BCUT2D eigenvalue weighted by atomic mass is 32.2. The van der Waals surface area contributed by atoms with Crippen molar-refractivity contribution in [3.05, 3.63) is 46.9 Å². The summed E-state index contributed by atoms with van der Waals surface area (Å²) in [5.41, 5.74) is 0. The number of rotatable bonds is 5. The fourth-order valence-corrected chi connectivity index (χ4v) is 3.07. The Labute approximate surface area is 109 Å². The van der Waals surface area contributed by atoms with Gasteiger partial charge in [0, 0.05) is 23.8 Å². The Balaban J connectivity index is 2.02. The molecule has 0 aliphatic rings. The molecule has 1 unspecified atom stereocenters. The summed E-state index contributed by atoms with van der Waals surface area (Å²) in [5, 5.41) is 11.6. The van der Waals surface area contributed by atoms with Gasteiger partial charge in [-0.3, -0.25) is 4.98 Å². The molecule has 0 saturated heterocycles. The zero-order valence-electron chi connectivity index (χ0n) is 9.35. The van der Waals surface area contributed by atoms with Crippen LogP contribution in [0.3, 0.4) is 0 Å². The van der Waals surface area contributed by atoms with Gasteiger partial charge in [-0.2, -0.15) is 0 Å². The first-order chi connectivity index (χ1) is 8.59. The van der Waals surface area contributed by atoms with Gasteiger partial charge < -0.3 is 5.11 Å². The highest BCUT2D eigenvalue weighted by Gasteiger charge is 2.16. The van der Waals surface area contributed by atoms with E-state index in [4.69, 9.17) is 0 Å². The second kappa shape index (κ2) is 5.57. The van der Waals surface area contributed by atoms with Gasteiger partial charge in [-0.25, -0.2) is 13.1 Å². The molecular formula is C11H12N2O3S2. The van der Waals surface area contributed by atoms with Crippen LogP contribution in [0.25, 0.3) is 0 Å². The lowest BCUT2D eigenvalue weighted by atomic mass is 10.3. The van der Waals surface area contributed by atoms with Crippen LogP contribution in [0.4, 0.5) is 0 Å². The molecule has 0 fully saturated rings. The first kappa shape index (κ1) is 13.2. The van der Waals surface area contributed by atoms with E-state index in [1.807, 2.05) is 5.38 Å². The molecule has 18 heavy (non-hydrogen) atoms. The van der Waals surface area contributed by atoms with Crippen LogP contribution in [-0.2, 0) is 10.0 Å². The van der Waals surface area contributed by atoms with E-state index in [1.54, 1.807) is 18.2 Å². The van der Waals surface area contributed by atoms with Gasteiger partial charge in [0.2, 0.25) is 10.0 Å². The molecule has 96 valence electrons. The predicted octanol–water partition coefficient (Wildman–Crippen LogP) is 1.16. The van der Waals surface area contributed by atoms with Crippen LogP contribution in [0.2, 0.25) is 0 Å². The van der Waals surface area contributed by atoms with E-state index in [-0.39, 0.29) is 11.4 Å². The number of thiophene rings is 1. The first-order valence-corrected chi connectivity index (χ1v) is 7.57. The average Bonchev–Trinajstić information content (AvgIpc) is 2.91. The highest BCUT2D eigenvalue weighted by molar-refractivity contribution is 7.89. The van der Waals surface area contributed by atoms with E-state index >= 15 is 0 Å².